The largest absolute Gasteiger partial charge is 0.497 e. The molecule has 0 N–H and O–H groups in total. The van der Waals surface area contributed by atoms with Gasteiger partial charge in [-0.1, -0.05) is 66.4 Å². The van der Waals surface area contributed by atoms with Gasteiger partial charge < -0.3 is 4.74 Å². The number of amides is 1. The summed E-state index contributed by atoms with van der Waals surface area (Å²) in [6.45, 7) is 2.35. The second-order valence-corrected chi connectivity index (χ2v) is 8.04. The third-order valence-corrected chi connectivity index (χ3v) is 5.86. The summed E-state index contributed by atoms with van der Waals surface area (Å²) in [7, 11) is 1.63. The van der Waals surface area contributed by atoms with Crippen molar-refractivity contribution >= 4 is 39.8 Å². The van der Waals surface area contributed by atoms with Gasteiger partial charge in [0.2, 0.25) is 5.91 Å². The fraction of sp³-hybridized carbons (Fsp3) is 0.174. The molecule has 0 radical (unpaired) electrons. The van der Waals surface area contributed by atoms with Crippen molar-refractivity contribution in [3.8, 4) is 5.75 Å². The number of nitrogens with zero attached hydrogens (tertiary/aromatic N) is 3. The summed E-state index contributed by atoms with van der Waals surface area (Å²) in [5.41, 5.74) is 2.01. The van der Waals surface area contributed by atoms with E-state index >= 15 is 0 Å². The number of amidine groups is 1. The van der Waals surface area contributed by atoms with E-state index in [1.807, 2.05) is 55.5 Å². The maximum atomic E-state index is 12.6. The van der Waals surface area contributed by atoms with Crippen molar-refractivity contribution in [3.63, 3.8) is 0 Å². The number of rotatable bonds is 5. The van der Waals surface area contributed by atoms with Crippen molar-refractivity contribution < 1.29 is 9.53 Å². The van der Waals surface area contributed by atoms with Gasteiger partial charge in [0.05, 0.1) is 25.1 Å². The molecule has 0 aromatic heterocycles. The number of carbonyl (C=O) groups excluding carboxylic acids is 1. The lowest BCUT2D eigenvalue weighted by Gasteiger charge is -2.15. The zero-order valence-electron chi connectivity index (χ0n) is 16.3. The van der Waals surface area contributed by atoms with Crippen LogP contribution in [-0.4, -0.2) is 34.5 Å². The van der Waals surface area contributed by atoms with Gasteiger partial charge >= 0.3 is 0 Å². The molecule has 0 saturated carbocycles. The number of hydrogen-bond acceptors (Lipinski definition) is 5. The first kappa shape index (κ1) is 19.2. The van der Waals surface area contributed by atoms with Crippen LogP contribution in [0.25, 0.3) is 10.8 Å². The molecule has 5 nitrogen and oxygen atoms in total. The fourth-order valence-electron chi connectivity index (χ4n) is 3.23. The standard InChI is InChI=1S/C23H21N3O2S/c1-16-22(27)26(15-17-10-12-20(28-2)13-11-17)23(29-16)25-24-14-19-8-5-7-18-6-3-4-9-21(18)19/h3-14,16H,15H2,1-2H3/b24-14+,25-23-. The summed E-state index contributed by atoms with van der Waals surface area (Å²) in [5.74, 6) is 0.836. The van der Waals surface area contributed by atoms with Gasteiger partial charge in [0.15, 0.2) is 5.17 Å². The van der Waals surface area contributed by atoms with Gasteiger partial charge in [-0.15, -0.1) is 5.10 Å². The Hall–Kier alpha value is -3.12. The maximum Gasteiger partial charge on any atom is 0.242 e. The molecule has 3 aromatic rings. The van der Waals surface area contributed by atoms with E-state index in [9.17, 15) is 4.79 Å². The average molecular weight is 404 g/mol. The van der Waals surface area contributed by atoms with Crippen LogP contribution in [0, 0.1) is 0 Å². The highest BCUT2D eigenvalue weighted by Crippen LogP contribution is 2.29. The van der Waals surface area contributed by atoms with Gasteiger partial charge in [-0.2, -0.15) is 5.10 Å². The first-order valence-corrected chi connectivity index (χ1v) is 10.2. The fourth-order valence-corrected chi connectivity index (χ4v) is 4.15. The summed E-state index contributed by atoms with van der Waals surface area (Å²) < 4.78 is 5.20. The Bertz CT molecular complexity index is 1090. The van der Waals surface area contributed by atoms with Crippen LogP contribution >= 0.6 is 11.8 Å². The van der Waals surface area contributed by atoms with Gasteiger partial charge in [0, 0.05) is 5.56 Å². The van der Waals surface area contributed by atoms with Gasteiger partial charge in [-0.05, 0) is 35.4 Å². The molecule has 0 spiro atoms. The number of methoxy groups -OCH3 is 1. The molecule has 1 saturated heterocycles. The van der Waals surface area contributed by atoms with Crippen LogP contribution in [0.3, 0.4) is 0 Å². The van der Waals surface area contributed by atoms with E-state index in [1.165, 1.54) is 11.8 Å². The van der Waals surface area contributed by atoms with E-state index in [0.717, 1.165) is 27.6 Å². The topological polar surface area (TPSA) is 54.3 Å². The molecule has 1 heterocycles. The molecule has 4 rings (SSSR count). The molecule has 1 unspecified atom stereocenters. The molecule has 0 aliphatic carbocycles. The summed E-state index contributed by atoms with van der Waals surface area (Å²) in [5, 5.41) is 11.4. The number of carbonyl (C=O) groups is 1. The second-order valence-electron chi connectivity index (χ2n) is 6.73. The lowest BCUT2D eigenvalue weighted by Crippen LogP contribution is -2.30. The molecule has 1 aliphatic heterocycles. The Labute approximate surface area is 174 Å². The van der Waals surface area contributed by atoms with Crippen LogP contribution in [0.5, 0.6) is 5.75 Å². The second kappa shape index (κ2) is 8.49. The number of fused-ring (bicyclic) bond motifs is 1. The maximum absolute atomic E-state index is 12.6. The predicted molar refractivity (Wildman–Crippen MR) is 120 cm³/mol. The number of hydrogen-bond donors (Lipinski definition) is 0. The third kappa shape index (κ3) is 4.17. The van der Waals surface area contributed by atoms with Crippen molar-refractivity contribution in [1.29, 1.82) is 0 Å². The van der Waals surface area contributed by atoms with Gasteiger partial charge in [0.25, 0.3) is 0 Å². The van der Waals surface area contributed by atoms with Gasteiger partial charge in [-0.25, -0.2) is 0 Å². The van der Waals surface area contributed by atoms with E-state index in [0.29, 0.717) is 11.7 Å². The van der Waals surface area contributed by atoms with E-state index < -0.39 is 0 Å². The van der Waals surface area contributed by atoms with Crippen LogP contribution in [0.2, 0.25) is 0 Å². The van der Waals surface area contributed by atoms with Crippen molar-refractivity contribution in [2.24, 2.45) is 10.2 Å². The van der Waals surface area contributed by atoms with Crippen LogP contribution in [0.1, 0.15) is 18.1 Å². The Morgan fingerprint density at radius 2 is 1.83 bits per heavy atom. The Morgan fingerprint density at radius 3 is 2.62 bits per heavy atom. The Morgan fingerprint density at radius 1 is 1.07 bits per heavy atom. The van der Waals surface area contributed by atoms with Crippen LogP contribution < -0.4 is 4.74 Å². The van der Waals surface area contributed by atoms with Crippen LogP contribution in [0.4, 0.5) is 0 Å². The van der Waals surface area contributed by atoms with E-state index in [-0.39, 0.29) is 11.2 Å². The minimum Gasteiger partial charge on any atom is -0.497 e. The van der Waals surface area contributed by atoms with E-state index in [1.54, 1.807) is 18.2 Å². The summed E-state index contributed by atoms with van der Waals surface area (Å²) in [6, 6.07) is 21.9. The number of ether oxygens (including phenoxy) is 1. The van der Waals surface area contributed by atoms with Crippen molar-refractivity contribution in [2.75, 3.05) is 7.11 Å². The zero-order valence-corrected chi connectivity index (χ0v) is 17.1. The van der Waals surface area contributed by atoms with Crippen molar-refractivity contribution in [2.45, 2.75) is 18.7 Å². The molecule has 1 amide bonds. The highest BCUT2D eigenvalue weighted by atomic mass is 32.2. The van der Waals surface area contributed by atoms with Crippen molar-refractivity contribution in [1.82, 2.24) is 4.90 Å². The molecule has 29 heavy (non-hydrogen) atoms. The minimum atomic E-state index is -0.167. The van der Waals surface area contributed by atoms with Gasteiger partial charge in [-0.3, -0.25) is 9.69 Å². The van der Waals surface area contributed by atoms with Crippen LogP contribution in [-0.2, 0) is 11.3 Å². The minimum absolute atomic E-state index is 0.0462. The predicted octanol–water partition coefficient (Wildman–Crippen LogP) is 4.70. The quantitative estimate of drug-likeness (QED) is 0.458. The Kier molecular flexibility index (Phi) is 5.62. The summed E-state index contributed by atoms with van der Waals surface area (Å²) >= 11 is 1.44. The lowest BCUT2D eigenvalue weighted by atomic mass is 10.1. The highest BCUT2D eigenvalue weighted by molar-refractivity contribution is 8.15. The molecule has 1 fully saturated rings. The SMILES string of the molecule is COc1ccc(CN2C(=O)C(C)S/C2=N\N=C\c2cccc3ccccc23)cc1. The Balaban J connectivity index is 1.57. The van der Waals surface area contributed by atoms with Crippen molar-refractivity contribution in [3.05, 3.63) is 77.9 Å². The first-order chi connectivity index (χ1) is 14.2. The monoisotopic (exact) mass is 403 g/mol. The van der Waals surface area contributed by atoms with Crippen LogP contribution in [0.15, 0.2) is 76.9 Å². The summed E-state index contributed by atoms with van der Waals surface area (Å²) in [6.07, 6.45) is 1.74. The molecular formula is C23H21N3O2S. The van der Waals surface area contributed by atoms with E-state index in [2.05, 4.69) is 28.4 Å². The lowest BCUT2D eigenvalue weighted by molar-refractivity contribution is -0.126. The molecule has 146 valence electrons. The molecule has 0 bridgehead atoms. The smallest absolute Gasteiger partial charge is 0.242 e. The number of benzene rings is 3. The highest BCUT2D eigenvalue weighted by Gasteiger charge is 2.35. The molecule has 1 atom stereocenters. The molecule has 6 heteroatoms. The van der Waals surface area contributed by atoms with Gasteiger partial charge in [0.1, 0.15) is 5.75 Å². The average Bonchev–Trinajstić information content (AvgIpc) is 3.02. The third-order valence-electron chi connectivity index (χ3n) is 4.79. The normalized spacial score (nSPS) is 18.3. The van der Waals surface area contributed by atoms with E-state index in [4.69, 9.17) is 4.74 Å². The molecular weight excluding hydrogens is 382 g/mol. The first-order valence-electron chi connectivity index (χ1n) is 9.35. The number of thioether (sulfide) groups is 1. The molecule has 1 aliphatic rings. The summed E-state index contributed by atoms with van der Waals surface area (Å²) in [4.78, 5) is 14.3. The zero-order chi connectivity index (χ0) is 20.2. The molecule has 3 aromatic carbocycles.